The van der Waals surface area contributed by atoms with Gasteiger partial charge in [-0.05, 0) is 31.4 Å². The van der Waals surface area contributed by atoms with Crippen molar-refractivity contribution >= 4 is 17.4 Å². The molecule has 1 amide bonds. The van der Waals surface area contributed by atoms with Gasteiger partial charge in [0.15, 0.2) is 5.82 Å². The Balaban J connectivity index is 1.56. The number of hydrogen-bond donors (Lipinski definition) is 4. The standard InChI is InChI=1S/C21H25N7O2/c22-15-4-1-3-14(9-15)18-11-25-20(27-16-5-2-6-16)21(30)28(18)12-19(29)24-8-7-17-10-23-13-26-17/h1,3-4,9-11,13,16H,2,5-8,12,22H2,(H,23,26)(H,24,29)(H,25,27). The van der Waals surface area contributed by atoms with E-state index >= 15 is 0 Å². The number of nitrogens with two attached hydrogens (primary N) is 1. The van der Waals surface area contributed by atoms with Crippen LogP contribution in [0.3, 0.4) is 0 Å². The third-order valence-corrected chi connectivity index (χ3v) is 5.26. The Morgan fingerprint density at radius 3 is 2.87 bits per heavy atom. The van der Waals surface area contributed by atoms with Gasteiger partial charge in [-0.15, -0.1) is 0 Å². The van der Waals surface area contributed by atoms with Crippen LogP contribution in [0.2, 0.25) is 0 Å². The second-order valence-corrected chi connectivity index (χ2v) is 7.46. The van der Waals surface area contributed by atoms with Gasteiger partial charge < -0.3 is 21.4 Å². The maximum absolute atomic E-state index is 13.1. The number of rotatable bonds is 8. The molecule has 5 N–H and O–H groups in total. The molecule has 4 rings (SSSR count). The fourth-order valence-electron chi connectivity index (χ4n) is 3.38. The van der Waals surface area contributed by atoms with Gasteiger partial charge in [0.2, 0.25) is 5.91 Å². The summed E-state index contributed by atoms with van der Waals surface area (Å²) in [6.45, 7) is 0.343. The van der Waals surface area contributed by atoms with Crippen LogP contribution in [0.15, 0.2) is 47.8 Å². The summed E-state index contributed by atoms with van der Waals surface area (Å²) in [5.74, 6) is 0.0279. The van der Waals surface area contributed by atoms with E-state index in [2.05, 4.69) is 25.6 Å². The number of anilines is 2. The van der Waals surface area contributed by atoms with Gasteiger partial charge in [-0.3, -0.25) is 14.2 Å². The van der Waals surface area contributed by atoms with Crippen LogP contribution in [0.4, 0.5) is 11.5 Å². The lowest BCUT2D eigenvalue weighted by molar-refractivity contribution is -0.121. The number of nitrogens with zero attached hydrogens (tertiary/aromatic N) is 3. The predicted molar refractivity (Wildman–Crippen MR) is 115 cm³/mol. The van der Waals surface area contributed by atoms with Crippen LogP contribution in [0.1, 0.15) is 25.0 Å². The fourth-order valence-corrected chi connectivity index (χ4v) is 3.38. The first-order valence-corrected chi connectivity index (χ1v) is 10.1. The van der Waals surface area contributed by atoms with E-state index < -0.39 is 0 Å². The van der Waals surface area contributed by atoms with E-state index in [0.29, 0.717) is 24.3 Å². The van der Waals surface area contributed by atoms with E-state index in [1.54, 1.807) is 30.9 Å². The quantitative estimate of drug-likeness (QED) is 0.419. The molecule has 1 aliphatic carbocycles. The molecule has 0 saturated heterocycles. The van der Waals surface area contributed by atoms with Crippen molar-refractivity contribution in [3.8, 4) is 11.3 Å². The molecule has 1 saturated carbocycles. The number of aromatic nitrogens is 4. The molecule has 1 aliphatic rings. The van der Waals surface area contributed by atoms with E-state index in [9.17, 15) is 9.59 Å². The van der Waals surface area contributed by atoms with Crippen molar-refractivity contribution in [1.82, 2.24) is 24.8 Å². The molecule has 0 aliphatic heterocycles. The molecule has 1 aromatic carbocycles. The molecule has 0 radical (unpaired) electrons. The van der Waals surface area contributed by atoms with Crippen molar-refractivity contribution in [2.24, 2.45) is 0 Å². The van der Waals surface area contributed by atoms with Gasteiger partial charge in [0.05, 0.1) is 18.2 Å². The van der Waals surface area contributed by atoms with Gasteiger partial charge in [0, 0.05) is 42.1 Å². The number of aromatic amines is 1. The highest BCUT2D eigenvalue weighted by Crippen LogP contribution is 2.23. The maximum Gasteiger partial charge on any atom is 0.294 e. The molecule has 30 heavy (non-hydrogen) atoms. The van der Waals surface area contributed by atoms with Gasteiger partial charge >= 0.3 is 0 Å². The van der Waals surface area contributed by atoms with Crippen LogP contribution in [0.25, 0.3) is 11.3 Å². The van der Waals surface area contributed by atoms with E-state index in [4.69, 9.17) is 5.73 Å². The summed E-state index contributed by atoms with van der Waals surface area (Å²) in [7, 11) is 0. The largest absolute Gasteiger partial charge is 0.399 e. The second kappa shape index (κ2) is 8.81. The molecule has 3 aromatic rings. The molecule has 0 atom stereocenters. The third kappa shape index (κ3) is 4.51. The molecule has 156 valence electrons. The number of carbonyl (C=O) groups is 1. The summed E-state index contributed by atoms with van der Waals surface area (Å²) in [6, 6.07) is 7.46. The first kappa shape index (κ1) is 19.7. The molecule has 9 nitrogen and oxygen atoms in total. The number of carbonyl (C=O) groups excluding carboxylic acids is 1. The third-order valence-electron chi connectivity index (χ3n) is 5.26. The lowest BCUT2D eigenvalue weighted by Crippen LogP contribution is -2.37. The Bertz CT molecular complexity index is 1070. The van der Waals surface area contributed by atoms with E-state index in [1.165, 1.54) is 4.57 Å². The summed E-state index contributed by atoms with van der Waals surface area (Å²) in [5.41, 5.74) is 8.39. The first-order valence-electron chi connectivity index (χ1n) is 10.1. The number of hydrogen-bond acceptors (Lipinski definition) is 6. The topological polar surface area (TPSA) is 131 Å². The fraction of sp³-hybridized carbons (Fsp3) is 0.333. The van der Waals surface area contributed by atoms with Crippen molar-refractivity contribution in [2.45, 2.75) is 38.3 Å². The smallest absolute Gasteiger partial charge is 0.294 e. The predicted octanol–water partition coefficient (Wildman–Crippen LogP) is 1.54. The van der Waals surface area contributed by atoms with Gasteiger partial charge in [-0.1, -0.05) is 12.1 Å². The molecule has 0 bridgehead atoms. The molecule has 2 heterocycles. The van der Waals surface area contributed by atoms with Crippen LogP contribution in [0.5, 0.6) is 0 Å². The molecule has 1 fully saturated rings. The van der Waals surface area contributed by atoms with Crippen LogP contribution in [-0.2, 0) is 17.8 Å². The van der Waals surface area contributed by atoms with Crippen molar-refractivity contribution in [3.63, 3.8) is 0 Å². The van der Waals surface area contributed by atoms with Crippen LogP contribution < -0.4 is 21.9 Å². The van der Waals surface area contributed by atoms with Crippen molar-refractivity contribution in [1.29, 1.82) is 0 Å². The summed E-state index contributed by atoms with van der Waals surface area (Å²) in [4.78, 5) is 37.0. The van der Waals surface area contributed by atoms with E-state index in [1.807, 2.05) is 12.1 Å². The normalized spacial score (nSPS) is 13.6. The molecule has 0 unspecified atom stereocenters. The highest BCUT2D eigenvalue weighted by atomic mass is 16.2. The van der Waals surface area contributed by atoms with Crippen LogP contribution >= 0.6 is 0 Å². The minimum Gasteiger partial charge on any atom is -0.399 e. The molecule has 9 heteroatoms. The summed E-state index contributed by atoms with van der Waals surface area (Å²) < 4.78 is 1.45. The average molecular weight is 407 g/mol. The number of H-pyrrole nitrogens is 1. The van der Waals surface area contributed by atoms with E-state index in [0.717, 1.165) is 30.5 Å². The molecule has 2 aromatic heterocycles. The highest BCUT2D eigenvalue weighted by molar-refractivity contribution is 5.77. The van der Waals surface area contributed by atoms with Gasteiger partial charge in [-0.2, -0.15) is 0 Å². The number of nitrogen functional groups attached to an aromatic ring is 1. The zero-order chi connectivity index (χ0) is 20.9. The van der Waals surface area contributed by atoms with Crippen LogP contribution in [-0.4, -0.2) is 38.0 Å². The Labute approximate surface area is 173 Å². The second-order valence-electron chi connectivity index (χ2n) is 7.46. The average Bonchev–Trinajstić information content (AvgIpc) is 3.20. The monoisotopic (exact) mass is 407 g/mol. The van der Waals surface area contributed by atoms with Crippen molar-refractivity contribution < 1.29 is 4.79 Å². The van der Waals surface area contributed by atoms with Crippen molar-refractivity contribution in [3.05, 3.63) is 59.0 Å². The number of benzene rings is 1. The lowest BCUT2D eigenvalue weighted by Gasteiger charge is -2.27. The summed E-state index contributed by atoms with van der Waals surface area (Å²) in [5, 5.41) is 6.06. The maximum atomic E-state index is 13.1. The van der Waals surface area contributed by atoms with Gasteiger partial charge in [-0.25, -0.2) is 9.97 Å². The first-order chi connectivity index (χ1) is 14.6. The SMILES string of the molecule is Nc1cccc(-c2cnc(NC3CCC3)c(=O)n2CC(=O)NCCc2cnc[nH]2)c1. The molecular formula is C21H25N7O2. The Morgan fingerprint density at radius 2 is 2.17 bits per heavy atom. The molecular weight excluding hydrogens is 382 g/mol. The zero-order valence-corrected chi connectivity index (χ0v) is 16.6. The Kier molecular flexibility index (Phi) is 5.78. The minimum atomic E-state index is -0.314. The van der Waals surface area contributed by atoms with Crippen LogP contribution in [0, 0.1) is 0 Å². The number of nitrogens with one attached hydrogen (secondary N) is 3. The van der Waals surface area contributed by atoms with Gasteiger partial charge in [0.25, 0.3) is 5.56 Å². The summed E-state index contributed by atoms with van der Waals surface area (Å²) in [6.07, 6.45) is 8.75. The minimum absolute atomic E-state index is 0.103. The Hall–Kier alpha value is -3.62. The highest BCUT2D eigenvalue weighted by Gasteiger charge is 2.21. The lowest BCUT2D eigenvalue weighted by atomic mass is 9.93. The van der Waals surface area contributed by atoms with Crippen molar-refractivity contribution in [2.75, 3.05) is 17.6 Å². The Morgan fingerprint density at radius 1 is 1.30 bits per heavy atom. The number of imidazole rings is 1. The summed E-state index contributed by atoms with van der Waals surface area (Å²) >= 11 is 0. The number of amides is 1. The molecule has 0 spiro atoms. The zero-order valence-electron chi connectivity index (χ0n) is 16.6. The van der Waals surface area contributed by atoms with Gasteiger partial charge in [0.1, 0.15) is 6.54 Å². The van der Waals surface area contributed by atoms with E-state index in [-0.39, 0.29) is 29.9 Å².